The number of allylic oxidation sites excluding steroid dienone is 2. The molecule has 10 heteroatoms. The zero-order chi connectivity index (χ0) is 24.2. The summed E-state index contributed by atoms with van der Waals surface area (Å²) in [6.07, 6.45) is -0.927. The van der Waals surface area contributed by atoms with Crippen LogP contribution in [0.5, 0.6) is 0 Å². The van der Waals surface area contributed by atoms with Gasteiger partial charge in [-0.1, -0.05) is 12.1 Å². The Morgan fingerprint density at radius 3 is 2.70 bits per heavy atom. The Morgan fingerprint density at radius 2 is 2.09 bits per heavy atom. The summed E-state index contributed by atoms with van der Waals surface area (Å²) in [5.41, 5.74) is 4.98. The number of nitrogens with zero attached hydrogens (tertiary/aromatic N) is 3. The van der Waals surface area contributed by atoms with E-state index in [1.807, 2.05) is 0 Å². The highest BCUT2D eigenvalue weighted by atomic mass is 19.4. The predicted octanol–water partition coefficient (Wildman–Crippen LogP) is 4.11. The zero-order valence-corrected chi connectivity index (χ0v) is 17.6. The summed E-state index contributed by atoms with van der Waals surface area (Å²) in [4.78, 5) is 16.5. The number of carbonyl (C=O) groups is 1. The van der Waals surface area contributed by atoms with Gasteiger partial charge in [-0.05, 0) is 36.3 Å². The van der Waals surface area contributed by atoms with E-state index in [2.05, 4.69) is 4.98 Å². The van der Waals surface area contributed by atoms with E-state index in [9.17, 15) is 22.4 Å². The first-order chi connectivity index (χ1) is 15.6. The summed E-state index contributed by atoms with van der Waals surface area (Å²) in [5.74, 6) is -0.833. The fourth-order valence-electron chi connectivity index (χ4n) is 3.39. The van der Waals surface area contributed by atoms with E-state index in [1.165, 1.54) is 23.2 Å². The molecule has 0 saturated heterocycles. The van der Waals surface area contributed by atoms with Crippen molar-refractivity contribution in [3.8, 4) is 6.07 Å². The van der Waals surface area contributed by atoms with E-state index in [4.69, 9.17) is 15.7 Å². The second-order valence-electron chi connectivity index (χ2n) is 7.23. The van der Waals surface area contributed by atoms with Gasteiger partial charge >= 0.3 is 6.18 Å². The van der Waals surface area contributed by atoms with E-state index in [1.54, 1.807) is 31.3 Å². The van der Waals surface area contributed by atoms with Gasteiger partial charge < -0.3 is 15.4 Å². The van der Waals surface area contributed by atoms with Crippen molar-refractivity contribution in [2.45, 2.75) is 25.9 Å². The third kappa shape index (κ3) is 5.68. The Labute approximate surface area is 187 Å². The quantitative estimate of drug-likeness (QED) is 0.628. The lowest BCUT2D eigenvalue weighted by Gasteiger charge is -2.28. The number of ether oxygens (including phenoxy) is 1. The van der Waals surface area contributed by atoms with Gasteiger partial charge in [0.05, 0.1) is 55.2 Å². The van der Waals surface area contributed by atoms with Crippen LogP contribution in [0.15, 0.2) is 48.5 Å². The first kappa shape index (κ1) is 23.8. The molecule has 1 aliphatic heterocycles. The third-order valence-electron chi connectivity index (χ3n) is 4.86. The van der Waals surface area contributed by atoms with Crippen molar-refractivity contribution in [2.75, 3.05) is 18.1 Å². The van der Waals surface area contributed by atoms with E-state index in [0.717, 1.165) is 6.07 Å². The number of hydrogen-bond donors (Lipinski definition) is 1. The summed E-state index contributed by atoms with van der Waals surface area (Å²) in [6.45, 7) is 2.23. The molecule has 1 aromatic carbocycles. The maximum atomic E-state index is 14.5. The monoisotopic (exact) mass is 460 g/mol. The molecule has 1 amide bonds. The molecule has 0 atom stereocenters. The molecule has 0 aliphatic carbocycles. The lowest BCUT2D eigenvalue weighted by Crippen LogP contribution is -2.25. The number of alkyl halides is 3. The summed E-state index contributed by atoms with van der Waals surface area (Å²) in [6, 6.07) is 6.87. The molecule has 2 heterocycles. The summed E-state index contributed by atoms with van der Waals surface area (Å²) < 4.78 is 60.7. The first-order valence-corrected chi connectivity index (χ1v) is 9.94. The first-order valence-electron chi connectivity index (χ1n) is 9.94. The molecule has 6 nitrogen and oxygen atoms in total. The predicted molar refractivity (Wildman–Crippen MR) is 113 cm³/mol. The van der Waals surface area contributed by atoms with Crippen molar-refractivity contribution < 1.29 is 27.1 Å². The number of nitrogens with two attached hydrogens (primary N) is 1. The van der Waals surface area contributed by atoms with Crippen LogP contribution in [-0.2, 0) is 28.5 Å². The van der Waals surface area contributed by atoms with Gasteiger partial charge in [0.15, 0.2) is 0 Å². The Kier molecular flexibility index (Phi) is 7.01. The molecule has 0 radical (unpaired) electrons. The van der Waals surface area contributed by atoms with Gasteiger partial charge in [0, 0.05) is 11.8 Å². The highest BCUT2D eigenvalue weighted by Gasteiger charge is 2.35. The van der Waals surface area contributed by atoms with Gasteiger partial charge in [-0.3, -0.25) is 9.78 Å². The van der Waals surface area contributed by atoms with Crippen LogP contribution >= 0.6 is 0 Å². The van der Waals surface area contributed by atoms with Gasteiger partial charge in [0.2, 0.25) is 5.91 Å². The fraction of sp³-hybridized carbons (Fsp3) is 0.261. The topological polar surface area (TPSA) is 92.2 Å². The molecule has 3 rings (SSSR count). The summed E-state index contributed by atoms with van der Waals surface area (Å²) in [5, 5.41) is 8.82. The third-order valence-corrected chi connectivity index (χ3v) is 4.86. The number of nitriles is 1. The van der Waals surface area contributed by atoms with Crippen LogP contribution < -0.4 is 10.6 Å². The molecule has 0 unspecified atom stereocenters. The van der Waals surface area contributed by atoms with Crippen molar-refractivity contribution >= 4 is 17.2 Å². The molecular weight excluding hydrogens is 440 g/mol. The zero-order valence-electron chi connectivity index (χ0n) is 17.6. The average Bonchev–Trinajstić information content (AvgIpc) is 2.74. The summed E-state index contributed by atoms with van der Waals surface area (Å²) >= 11 is 0. The van der Waals surface area contributed by atoms with Gasteiger partial charge in [0.1, 0.15) is 11.6 Å². The Bertz CT molecular complexity index is 1170. The van der Waals surface area contributed by atoms with E-state index < -0.39 is 29.9 Å². The number of pyridine rings is 1. The number of aromatic nitrogens is 1. The SMILES string of the molecule is CCOC1=CC(c2ccc(CC(N)=O)c(F)c2)=CN(c2cnc(CC#N)c(C(F)(F)F)c2)C1. The van der Waals surface area contributed by atoms with Crippen LogP contribution in [0, 0.1) is 17.1 Å². The second kappa shape index (κ2) is 9.73. The van der Waals surface area contributed by atoms with Crippen LogP contribution in [0.3, 0.4) is 0 Å². The lowest BCUT2D eigenvalue weighted by atomic mass is 10.00. The van der Waals surface area contributed by atoms with Crippen molar-refractivity contribution in [3.63, 3.8) is 0 Å². The van der Waals surface area contributed by atoms with Crippen molar-refractivity contribution in [1.29, 1.82) is 5.26 Å². The maximum Gasteiger partial charge on any atom is 0.418 e. The lowest BCUT2D eigenvalue weighted by molar-refractivity contribution is -0.138. The Hall–Kier alpha value is -3.87. The molecule has 1 aliphatic rings. The highest BCUT2D eigenvalue weighted by molar-refractivity contribution is 5.80. The van der Waals surface area contributed by atoms with Crippen molar-refractivity contribution in [1.82, 2.24) is 4.98 Å². The average molecular weight is 460 g/mol. The Morgan fingerprint density at radius 1 is 1.33 bits per heavy atom. The number of benzene rings is 1. The molecule has 0 saturated carbocycles. The molecule has 0 spiro atoms. The number of rotatable bonds is 7. The molecule has 2 N–H and O–H groups in total. The van der Waals surface area contributed by atoms with Crippen LogP contribution in [0.4, 0.5) is 23.2 Å². The number of anilines is 1. The second-order valence-corrected chi connectivity index (χ2v) is 7.23. The fourth-order valence-corrected chi connectivity index (χ4v) is 3.39. The number of amides is 1. The van der Waals surface area contributed by atoms with Crippen LogP contribution in [-0.4, -0.2) is 24.0 Å². The number of carbonyl (C=O) groups excluding carboxylic acids is 1. The molecule has 33 heavy (non-hydrogen) atoms. The molecule has 0 fully saturated rings. The van der Waals surface area contributed by atoms with Gasteiger partial charge in [0.25, 0.3) is 0 Å². The highest BCUT2D eigenvalue weighted by Crippen LogP contribution is 2.35. The number of halogens is 4. The smallest absolute Gasteiger partial charge is 0.418 e. The molecule has 172 valence electrons. The van der Waals surface area contributed by atoms with E-state index in [-0.39, 0.29) is 29.9 Å². The maximum absolute atomic E-state index is 14.5. The van der Waals surface area contributed by atoms with Crippen molar-refractivity contribution in [2.24, 2.45) is 5.73 Å². The molecule has 0 bridgehead atoms. The Balaban J connectivity index is 2.04. The largest absolute Gasteiger partial charge is 0.496 e. The van der Waals surface area contributed by atoms with Gasteiger partial charge in [-0.2, -0.15) is 18.4 Å². The minimum atomic E-state index is -4.69. The summed E-state index contributed by atoms with van der Waals surface area (Å²) in [7, 11) is 0. The molecule has 2 aromatic rings. The van der Waals surface area contributed by atoms with E-state index >= 15 is 0 Å². The van der Waals surface area contributed by atoms with Crippen LogP contribution in [0.2, 0.25) is 0 Å². The minimum absolute atomic E-state index is 0.135. The van der Waals surface area contributed by atoms with Gasteiger partial charge in [-0.25, -0.2) is 4.39 Å². The molecule has 1 aromatic heterocycles. The number of primary amides is 1. The normalized spacial score (nSPS) is 13.8. The minimum Gasteiger partial charge on any atom is -0.496 e. The molecular formula is C23H20F4N4O2. The van der Waals surface area contributed by atoms with Gasteiger partial charge in [-0.15, -0.1) is 0 Å². The van der Waals surface area contributed by atoms with Crippen molar-refractivity contribution in [3.05, 3.63) is 76.7 Å². The van der Waals surface area contributed by atoms with Crippen LogP contribution in [0.25, 0.3) is 5.57 Å². The van der Waals surface area contributed by atoms with E-state index in [0.29, 0.717) is 23.5 Å². The van der Waals surface area contributed by atoms with Crippen LogP contribution in [0.1, 0.15) is 29.3 Å². The standard InChI is InChI=1S/C23H20F4N4O2/c1-2-33-18-7-16(14-3-4-15(9-22(29)32)20(24)8-14)12-31(13-18)17-10-19(23(25,26)27)21(5-6-28)30-11-17/h3-4,7-8,10-12H,2,5,9,13H2,1H3,(H2,29,32). The number of hydrogen-bond acceptors (Lipinski definition) is 5.